The third-order valence-corrected chi connectivity index (χ3v) is 7.05. The third kappa shape index (κ3) is 2.15. The lowest BCUT2D eigenvalue weighted by molar-refractivity contribution is 0.592. The minimum Gasteiger partial charge on any atom is -0.398 e. The molecule has 2 N–H and O–H groups in total. The summed E-state index contributed by atoms with van der Waals surface area (Å²) in [5.74, 6) is 1.92. The van der Waals surface area contributed by atoms with Gasteiger partial charge in [-0.15, -0.1) is 0 Å². The van der Waals surface area contributed by atoms with Crippen LogP contribution in [0.4, 0.5) is 5.69 Å². The molecule has 3 heteroatoms. The summed E-state index contributed by atoms with van der Waals surface area (Å²) in [4.78, 5) is 0. The number of nitrogens with two attached hydrogens (primary N) is 1. The van der Waals surface area contributed by atoms with Gasteiger partial charge in [0.2, 0.25) is 0 Å². The molecular formula is C20H16NOP. The molecule has 0 saturated heterocycles. The average Bonchev–Trinajstić information content (AvgIpc) is 2.91. The highest BCUT2D eigenvalue weighted by molar-refractivity contribution is 7.82. The van der Waals surface area contributed by atoms with Crippen molar-refractivity contribution in [2.75, 3.05) is 5.73 Å². The van der Waals surface area contributed by atoms with Crippen LogP contribution >= 0.6 is 7.14 Å². The van der Waals surface area contributed by atoms with E-state index in [2.05, 4.69) is 0 Å². The lowest BCUT2D eigenvalue weighted by Crippen LogP contribution is -2.13. The van der Waals surface area contributed by atoms with Gasteiger partial charge in [-0.1, -0.05) is 72.8 Å². The molecule has 0 saturated carbocycles. The van der Waals surface area contributed by atoms with Gasteiger partial charge >= 0.3 is 0 Å². The van der Waals surface area contributed by atoms with E-state index in [4.69, 9.17) is 5.73 Å². The fourth-order valence-corrected chi connectivity index (χ4v) is 5.82. The maximum atomic E-state index is 13.8. The van der Waals surface area contributed by atoms with E-state index in [-0.39, 0.29) is 0 Å². The Labute approximate surface area is 135 Å². The Morgan fingerprint density at radius 3 is 2.04 bits per heavy atom. The molecule has 0 fully saturated rings. The highest BCUT2D eigenvalue weighted by Crippen LogP contribution is 2.55. The Morgan fingerprint density at radius 2 is 1.30 bits per heavy atom. The molecule has 1 aliphatic rings. The van der Waals surface area contributed by atoms with Crippen molar-refractivity contribution in [3.05, 3.63) is 95.8 Å². The second kappa shape index (κ2) is 5.26. The van der Waals surface area contributed by atoms with Gasteiger partial charge in [0, 0.05) is 21.9 Å². The van der Waals surface area contributed by atoms with Crippen molar-refractivity contribution >= 4 is 29.0 Å². The summed E-state index contributed by atoms with van der Waals surface area (Å²) in [5.41, 5.74) is 9.77. The van der Waals surface area contributed by atoms with Gasteiger partial charge in [-0.05, 0) is 23.0 Å². The summed E-state index contributed by atoms with van der Waals surface area (Å²) in [7, 11) is -2.77. The molecule has 1 unspecified atom stereocenters. The molecule has 2 nitrogen and oxygen atoms in total. The molecule has 112 valence electrons. The van der Waals surface area contributed by atoms with E-state index in [0.717, 1.165) is 27.3 Å². The Bertz CT molecular complexity index is 960. The molecule has 1 aliphatic heterocycles. The highest BCUT2D eigenvalue weighted by Gasteiger charge is 2.35. The number of fused-ring (bicyclic) bond motifs is 1. The average molecular weight is 317 g/mol. The largest absolute Gasteiger partial charge is 0.398 e. The molecule has 1 atom stereocenters. The Morgan fingerprint density at radius 1 is 0.696 bits per heavy atom. The summed E-state index contributed by atoms with van der Waals surface area (Å²) >= 11 is 0. The molecule has 23 heavy (non-hydrogen) atoms. The van der Waals surface area contributed by atoms with Crippen molar-refractivity contribution in [3.8, 4) is 0 Å². The van der Waals surface area contributed by atoms with Crippen molar-refractivity contribution < 1.29 is 4.57 Å². The topological polar surface area (TPSA) is 43.1 Å². The summed E-state index contributed by atoms with van der Waals surface area (Å²) in [6.07, 6.45) is 0. The second-order valence-corrected chi connectivity index (χ2v) is 8.21. The van der Waals surface area contributed by atoms with Crippen LogP contribution in [-0.4, -0.2) is 0 Å². The zero-order valence-electron chi connectivity index (χ0n) is 12.5. The SMILES string of the molecule is Nc1ccccc1C1=CP(=O)(c2ccccc2)c2ccccc21. The van der Waals surface area contributed by atoms with Gasteiger partial charge in [0.15, 0.2) is 7.14 Å². The minimum atomic E-state index is -2.77. The lowest BCUT2D eigenvalue weighted by atomic mass is 9.98. The number of benzene rings is 3. The number of anilines is 1. The molecule has 0 bridgehead atoms. The highest BCUT2D eigenvalue weighted by atomic mass is 31.2. The molecule has 0 aliphatic carbocycles. The fraction of sp³-hybridized carbons (Fsp3) is 0. The van der Waals surface area contributed by atoms with Crippen LogP contribution in [0.25, 0.3) is 5.57 Å². The summed E-state index contributed by atoms with van der Waals surface area (Å²) in [5, 5.41) is 1.75. The maximum Gasteiger partial charge on any atom is 0.165 e. The van der Waals surface area contributed by atoms with Gasteiger partial charge < -0.3 is 10.3 Å². The maximum absolute atomic E-state index is 13.8. The van der Waals surface area contributed by atoms with E-state index in [1.54, 1.807) is 0 Å². The standard InChI is InChI=1S/C20H16NOP/c21-19-12-6-4-10-16(19)18-14-23(22,15-8-2-1-3-9-15)20-13-7-5-11-17(18)20/h1-14H,21H2. The van der Waals surface area contributed by atoms with Crippen molar-refractivity contribution in [2.45, 2.75) is 0 Å². The van der Waals surface area contributed by atoms with E-state index in [9.17, 15) is 4.57 Å². The van der Waals surface area contributed by atoms with Crippen molar-refractivity contribution in [3.63, 3.8) is 0 Å². The van der Waals surface area contributed by atoms with Crippen LogP contribution in [0.5, 0.6) is 0 Å². The summed E-state index contributed by atoms with van der Waals surface area (Å²) in [6, 6.07) is 25.3. The van der Waals surface area contributed by atoms with E-state index in [1.807, 2.05) is 84.7 Å². The van der Waals surface area contributed by atoms with Crippen LogP contribution in [0.3, 0.4) is 0 Å². The van der Waals surface area contributed by atoms with Crippen LogP contribution in [0.1, 0.15) is 11.1 Å². The van der Waals surface area contributed by atoms with Gasteiger partial charge in [0.25, 0.3) is 0 Å². The Hall–Kier alpha value is -2.57. The third-order valence-electron chi connectivity index (χ3n) is 4.25. The molecule has 3 aromatic carbocycles. The molecule has 0 aromatic heterocycles. The number of hydrogen-bond donors (Lipinski definition) is 1. The minimum absolute atomic E-state index is 0.704. The summed E-state index contributed by atoms with van der Waals surface area (Å²) < 4.78 is 13.8. The molecule has 0 spiro atoms. The normalized spacial score (nSPS) is 19.2. The molecule has 3 aromatic rings. The monoisotopic (exact) mass is 317 g/mol. The number of hydrogen-bond acceptors (Lipinski definition) is 2. The first-order chi connectivity index (χ1) is 11.2. The lowest BCUT2D eigenvalue weighted by Gasteiger charge is -2.12. The molecule has 0 radical (unpaired) electrons. The van der Waals surface area contributed by atoms with E-state index >= 15 is 0 Å². The number of rotatable bonds is 2. The van der Waals surface area contributed by atoms with Crippen LogP contribution in [0, 0.1) is 0 Å². The van der Waals surface area contributed by atoms with E-state index in [0.29, 0.717) is 5.69 Å². The Kier molecular flexibility index (Phi) is 3.21. The van der Waals surface area contributed by atoms with Gasteiger partial charge in [-0.2, -0.15) is 0 Å². The molecular weight excluding hydrogens is 301 g/mol. The number of nitrogen functional groups attached to an aromatic ring is 1. The number of para-hydroxylation sites is 1. The van der Waals surface area contributed by atoms with Crippen molar-refractivity contribution in [1.82, 2.24) is 0 Å². The second-order valence-electron chi connectivity index (χ2n) is 5.64. The van der Waals surface area contributed by atoms with Crippen LogP contribution < -0.4 is 16.3 Å². The Balaban J connectivity index is 2.01. The summed E-state index contributed by atoms with van der Waals surface area (Å²) in [6.45, 7) is 0. The zero-order valence-corrected chi connectivity index (χ0v) is 13.4. The smallest absolute Gasteiger partial charge is 0.165 e. The predicted molar refractivity (Wildman–Crippen MR) is 97.7 cm³/mol. The van der Waals surface area contributed by atoms with Gasteiger partial charge in [0.1, 0.15) is 0 Å². The predicted octanol–water partition coefficient (Wildman–Crippen LogP) is 3.99. The molecule has 4 rings (SSSR count). The van der Waals surface area contributed by atoms with E-state index < -0.39 is 7.14 Å². The van der Waals surface area contributed by atoms with Gasteiger partial charge in [-0.3, -0.25) is 0 Å². The quantitative estimate of drug-likeness (QED) is 0.574. The first-order valence-electron chi connectivity index (χ1n) is 7.53. The van der Waals surface area contributed by atoms with Crippen LogP contribution in [-0.2, 0) is 4.57 Å². The fourth-order valence-electron chi connectivity index (χ4n) is 3.13. The molecule has 0 amide bonds. The van der Waals surface area contributed by atoms with Crippen molar-refractivity contribution in [1.29, 1.82) is 0 Å². The van der Waals surface area contributed by atoms with Gasteiger partial charge in [-0.25, -0.2) is 0 Å². The van der Waals surface area contributed by atoms with Crippen molar-refractivity contribution in [2.24, 2.45) is 0 Å². The van der Waals surface area contributed by atoms with E-state index in [1.165, 1.54) is 0 Å². The zero-order chi connectivity index (χ0) is 15.9. The van der Waals surface area contributed by atoms with Gasteiger partial charge in [0.05, 0.1) is 0 Å². The molecule has 1 heterocycles. The first kappa shape index (κ1) is 14.0. The van der Waals surface area contributed by atoms with Crippen LogP contribution in [0.2, 0.25) is 0 Å². The first-order valence-corrected chi connectivity index (χ1v) is 9.31. The van der Waals surface area contributed by atoms with Crippen LogP contribution in [0.15, 0.2) is 84.7 Å².